The van der Waals surface area contributed by atoms with Crippen molar-refractivity contribution in [3.05, 3.63) is 0 Å². The summed E-state index contributed by atoms with van der Waals surface area (Å²) in [6, 6.07) is 0. The normalized spacial score (nSPS) is 10.8. The van der Waals surface area contributed by atoms with E-state index < -0.39 is 7.82 Å². The van der Waals surface area contributed by atoms with Gasteiger partial charge in [-0.1, -0.05) is 71.1 Å². The van der Waals surface area contributed by atoms with E-state index >= 15 is 0 Å². The lowest BCUT2D eigenvalue weighted by molar-refractivity contribution is -0.121. The second-order valence-corrected chi connectivity index (χ2v) is 8.22. The molecule has 0 rings (SSSR count). The Morgan fingerprint density at radius 3 is 1.59 bits per heavy atom. The van der Waals surface area contributed by atoms with Gasteiger partial charge in [-0.25, -0.2) is 4.57 Å². The van der Waals surface area contributed by atoms with Crippen LogP contribution >= 0.6 is 7.82 Å². The summed E-state index contributed by atoms with van der Waals surface area (Å²) in [4.78, 5) is 33.2. The van der Waals surface area contributed by atoms with Crippen LogP contribution in [-0.4, -0.2) is 39.6 Å². The Balaban J connectivity index is 0. The van der Waals surface area contributed by atoms with Gasteiger partial charge in [-0.2, -0.15) is 0 Å². The first kappa shape index (κ1) is 30.0. The van der Waals surface area contributed by atoms with Gasteiger partial charge in [0.15, 0.2) is 5.96 Å². The van der Waals surface area contributed by atoms with Gasteiger partial charge in [0.05, 0.1) is 0 Å². The molecule has 0 aromatic heterocycles. The molecular weight excluding hydrogens is 395 g/mol. The molecule has 0 fully saturated rings. The van der Waals surface area contributed by atoms with Gasteiger partial charge < -0.3 is 31.0 Å². The maximum Gasteiger partial charge on any atom is 0.466 e. The van der Waals surface area contributed by atoms with E-state index in [0.717, 1.165) is 25.8 Å². The average Bonchev–Trinajstić information content (AvgIpc) is 2.61. The van der Waals surface area contributed by atoms with Crippen LogP contribution in [0.4, 0.5) is 0 Å². The molecule has 0 unspecified atom stereocenters. The van der Waals surface area contributed by atoms with Crippen molar-refractivity contribution >= 4 is 19.7 Å². The Kier molecular flexibility index (Phi) is 22.3. The minimum Gasteiger partial charge on any atom is -0.370 e. The highest BCUT2D eigenvalue weighted by Crippen LogP contribution is 2.25. The molecule has 0 aliphatic rings. The number of nitrogens with one attached hydrogen (secondary N) is 3. The molecule has 0 saturated carbocycles. The van der Waals surface area contributed by atoms with Crippen molar-refractivity contribution in [1.29, 1.82) is 5.41 Å². The van der Waals surface area contributed by atoms with E-state index in [0.29, 0.717) is 13.0 Å². The Labute approximate surface area is 176 Å². The third kappa shape index (κ3) is 38.1. The number of unbranched alkanes of at least 4 members (excludes halogenated alkanes) is 11. The lowest BCUT2D eigenvalue weighted by Gasteiger charge is -2.06. The van der Waals surface area contributed by atoms with Crippen molar-refractivity contribution in [3.8, 4) is 0 Å². The Morgan fingerprint density at radius 2 is 1.17 bits per heavy atom. The molecule has 29 heavy (non-hydrogen) atoms. The molecule has 0 atom stereocenters. The highest BCUT2D eigenvalue weighted by Gasteiger charge is 2.01. The van der Waals surface area contributed by atoms with Gasteiger partial charge in [-0.15, -0.1) is 0 Å². The second-order valence-electron chi connectivity index (χ2n) is 7.20. The van der Waals surface area contributed by atoms with Gasteiger partial charge in [-0.05, 0) is 19.3 Å². The molecule has 0 aromatic carbocycles. The molecule has 1 amide bonds. The number of guanidine groups is 1. The summed E-state index contributed by atoms with van der Waals surface area (Å²) in [7, 11) is -4.64. The van der Waals surface area contributed by atoms with E-state index in [-0.39, 0.29) is 11.9 Å². The molecule has 9 nitrogen and oxygen atoms in total. The van der Waals surface area contributed by atoms with Crippen LogP contribution in [0.1, 0.15) is 96.8 Å². The predicted molar refractivity (Wildman–Crippen MR) is 118 cm³/mol. The summed E-state index contributed by atoms with van der Waals surface area (Å²) >= 11 is 0. The fourth-order valence-corrected chi connectivity index (χ4v) is 2.74. The third-order valence-corrected chi connectivity index (χ3v) is 4.25. The van der Waals surface area contributed by atoms with Crippen molar-refractivity contribution in [2.45, 2.75) is 96.8 Å². The third-order valence-electron chi connectivity index (χ3n) is 4.25. The lowest BCUT2D eigenvalue weighted by atomic mass is 10.1. The number of carbonyl (C=O) groups is 1. The van der Waals surface area contributed by atoms with Crippen LogP contribution in [0.3, 0.4) is 0 Å². The van der Waals surface area contributed by atoms with Crippen LogP contribution in [-0.2, 0) is 9.36 Å². The smallest absolute Gasteiger partial charge is 0.370 e. The largest absolute Gasteiger partial charge is 0.466 e. The maximum absolute atomic E-state index is 11.7. The number of hydrogen-bond acceptors (Lipinski definition) is 3. The zero-order chi connectivity index (χ0) is 22.4. The monoisotopic (exact) mass is 438 g/mol. The molecule has 0 saturated heterocycles. The summed E-state index contributed by atoms with van der Waals surface area (Å²) in [5, 5.41) is 12.7. The SMILES string of the molecule is CCCCCCCCCCCCCC(=O)NCCCCNC(=N)N.O=P(O)(O)O. The van der Waals surface area contributed by atoms with Crippen molar-refractivity contribution < 1.29 is 24.0 Å². The fraction of sp³-hybridized carbons (Fsp3) is 0.895. The molecule has 8 N–H and O–H groups in total. The Bertz CT molecular complexity index is 438. The van der Waals surface area contributed by atoms with Gasteiger partial charge in [0.2, 0.25) is 5.91 Å². The lowest BCUT2D eigenvalue weighted by Crippen LogP contribution is -2.31. The highest BCUT2D eigenvalue weighted by atomic mass is 31.2. The first-order valence-electron chi connectivity index (χ1n) is 10.8. The van der Waals surface area contributed by atoms with Gasteiger partial charge >= 0.3 is 7.82 Å². The molecule has 0 heterocycles. The van der Waals surface area contributed by atoms with Crippen molar-refractivity contribution in [2.24, 2.45) is 5.73 Å². The number of nitrogens with two attached hydrogens (primary N) is 1. The fourth-order valence-electron chi connectivity index (χ4n) is 2.74. The number of hydrogen-bond donors (Lipinski definition) is 7. The van der Waals surface area contributed by atoms with Gasteiger partial charge in [0.25, 0.3) is 0 Å². The summed E-state index contributed by atoms with van der Waals surface area (Å²) in [6.07, 6.45) is 16.9. The number of amides is 1. The summed E-state index contributed by atoms with van der Waals surface area (Å²) < 4.78 is 8.88. The summed E-state index contributed by atoms with van der Waals surface area (Å²) in [5.74, 6) is 0.181. The minimum atomic E-state index is -4.64. The first-order valence-corrected chi connectivity index (χ1v) is 12.4. The molecule has 0 aliphatic heterocycles. The molecule has 0 radical (unpaired) electrons. The molecule has 0 bridgehead atoms. The van der Waals surface area contributed by atoms with E-state index in [9.17, 15) is 4.79 Å². The molecule has 174 valence electrons. The summed E-state index contributed by atoms with van der Waals surface area (Å²) in [5.41, 5.74) is 5.19. The van der Waals surface area contributed by atoms with Crippen molar-refractivity contribution in [3.63, 3.8) is 0 Å². The summed E-state index contributed by atoms with van der Waals surface area (Å²) in [6.45, 7) is 3.68. The Hall–Kier alpha value is -1.15. The van der Waals surface area contributed by atoms with E-state index in [1.165, 1.54) is 64.2 Å². The van der Waals surface area contributed by atoms with Gasteiger partial charge in [0, 0.05) is 19.5 Å². The molecule has 0 aromatic rings. The topological polar surface area (TPSA) is 169 Å². The second kappa shape index (κ2) is 21.6. The number of phosphoric acid groups is 1. The van der Waals surface area contributed by atoms with Crippen LogP contribution in [0.2, 0.25) is 0 Å². The van der Waals surface area contributed by atoms with Crippen molar-refractivity contribution in [1.82, 2.24) is 10.6 Å². The quantitative estimate of drug-likeness (QED) is 0.0791. The zero-order valence-electron chi connectivity index (χ0n) is 18.0. The molecular formula is C19H43N4O5P. The molecule has 10 heteroatoms. The predicted octanol–water partition coefficient (Wildman–Crippen LogP) is 3.14. The number of rotatable bonds is 17. The maximum atomic E-state index is 11.7. The van der Waals surface area contributed by atoms with Crippen molar-refractivity contribution in [2.75, 3.05) is 13.1 Å². The average molecular weight is 439 g/mol. The van der Waals surface area contributed by atoms with Crippen LogP contribution in [0, 0.1) is 5.41 Å². The van der Waals surface area contributed by atoms with Crippen LogP contribution < -0.4 is 16.4 Å². The Morgan fingerprint density at radius 1 is 0.793 bits per heavy atom. The van der Waals surface area contributed by atoms with Gasteiger partial charge in [0.1, 0.15) is 0 Å². The first-order chi connectivity index (χ1) is 13.7. The van der Waals surface area contributed by atoms with Crippen LogP contribution in [0.5, 0.6) is 0 Å². The van der Waals surface area contributed by atoms with E-state index in [1.807, 2.05) is 0 Å². The minimum absolute atomic E-state index is 0.00975. The van der Waals surface area contributed by atoms with E-state index in [4.69, 9.17) is 30.4 Å². The van der Waals surface area contributed by atoms with E-state index in [2.05, 4.69) is 17.6 Å². The highest BCUT2D eigenvalue weighted by molar-refractivity contribution is 7.45. The number of carbonyl (C=O) groups excluding carboxylic acids is 1. The van der Waals surface area contributed by atoms with E-state index in [1.54, 1.807) is 0 Å². The molecule has 0 spiro atoms. The van der Waals surface area contributed by atoms with Crippen LogP contribution in [0.15, 0.2) is 0 Å². The van der Waals surface area contributed by atoms with Crippen LogP contribution in [0.25, 0.3) is 0 Å². The molecule has 0 aliphatic carbocycles. The standard InChI is InChI=1S/C19H40N4O.H3O4P/c1-2-3-4-5-6-7-8-9-10-11-12-15-18(24)22-16-13-14-17-23-19(20)21;1-5(2,3)4/h2-17H2,1H3,(H,22,24)(H4,20,21,23);(H3,1,2,3,4). The van der Waals surface area contributed by atoms with Gasteiger partial charge in [-0.3, -0.25) is 10.2 Å². The zero-order valence-corrected chi connectivity index (χ0v) is 18.9.